The van der Waals surface area contributed by atoms with E-state index in [2.05, 4.69) is 10.3 Å². The second-order valence-electron chi connectivity index (χ2n) is 5.45. The molecule has 0 fully saturated rings. The fourth-order valence-electron chi connectivity index (χ4n) is 2.59. The maximum Gasteiger partial charge on any atom is 0.355 e. The van der Waals surface area contributed by atoms with E-state index in [-0.39, 0.29) is 11.9 Å². The number of amides is 1. The van der Waals surface area contributed by atoms with Crippen molar-refractivity contribution in [1.82, 2.24) is 10.3 Å². The number of carbonyl (C=O) groups is 2. The zero-order valence-corrected chi connectivity index (χ0v) is 13.9. The van der Waals surface area contributed by atoms with Gasteiger partial charge in [-0.1, -0.05) is 30.3 Å². The van der Waals surface area contributed by atoms with Gasteiger partial charge in [-0.15, -0.1) is 0 Å². The van der Waals surface area contributed by atoms with Gasteiger partial charge in [0, 0.05) is 5.69 Å². The van der Waals surface area contributed by atoms with Crippen LogP contribution in [0.15, 0.2) is 30.3 Å². The van der Waals surface area contributed by atoms with E-state index in [9.17, 15) is 9.59 Å². The molecule has 5 heteroatoms. The van der Waals surface area contributed by atoms with E-state index in [1.54, 1.807) is 20.8 Å². The molecule has 0 radical (unpaired) electrons. The van der Waals surface area contributed by atoms with Crippen molar-refractivity contribution in [3.8, 4) is 0 Å². The van der Waals surface area contributed by atoms with Crippen LogP contribution in [-0.4, -0.2) is 23.5 Å². The number of aryl methyl sites for hydroxylation is 1. The highest BCUT2D eigenvalue weighted by Gasteiger charge is 2.23. The summed E-state index contributed by atoms with van der Waals surface area (Å²) in [6, 6.07) is 9.61. The number of hydrogen-bond donors (Lipinski definition) is 2. The van der Waals surface area contributed by atoms with Crippen LogP contribution in [0.3, 0.4) is 0 Å². The molecule has 0 bridgehead atoms. The lowest BCUT2D eigenvalue weighted by Crippen LogP contribution is -2.27. The number of hydrogen-bond acceptors (Lipinski definition) is 3. The van der Waals surface area contributed by atoms with Gasteiger partial charge in [0.25, 0.3) is 5.91 Å². The summed E-state index contributed by atoms with van der Waals surface area (Å²) in [5.41, 5.74) is 3.12. The summed E-state index contributed by atoms with van der Waals surface area (Å²) in [4.78, 5) is 27.4. The number of benzene rings is 1. The lowest BCUT2D eigenvalue weighted by Gasteiger charge is -2.14. The van der Waals surface area contributed by atoms with E-state index in [0.717, 1.165) is 5.56 Å². The van der Waals surface area contributed by atoms with Crippen LogP contribution >= 0.6 is 0 Å². The lowest BCUT2D eigenvalue weighted by atomic mass is 10.1. The lowest BCUT2D eigenvalue weighted by molar-refractivity contribution is 0.0519. The molecule has 0 aliphatic heterocycles. The minimum atomic E-state index is -0.441. The van der Waals surface area contributed by atoms with Gasteiger partial charge in [-0.25, -0.2) is 4.79 Å². The summed E-state index contributed by atoms with van der Waals surface area (Å²) < 4.78 is 5.01. The zero-order valence-electron chi connectivity index (χ0n) is 13.9. The Hall–Kier alpha value is -2.56. The van der Waals surface area contributed by atoms with E-state index in [4.69, 9.17) is 4.74 Å². The number of esters is 1. The smallest absolute Gasteiger partial charge is 0.355 e. The molecule has 2 aromatic rings. The second kappa shape index (κ2) is 7.13. The molecule has 0 saturated heterocycles. The monoisotopic (exact) mass is 314 g/mol. The first-order valence-electron chi connectivity index (χ1n) is 7.67. The molecule has 2 N–H and O–H groups in total. The molecule has 23 heavy (non-hydrogen) atoms. The Kier molecular flexibility index (Phi) is 5.21. The molecule has 0 saturated carbocycles. The predicted octanol–water partition coefficient (Wildman–Crippen LogP) is 3.30. The third-order valence-corrected chi connectivity index (χ3v) is 3.79. The first kappa shape index (κ1) is 16.8. The van der Waals surface area contributed by atoms with Crippen LogP contribution in [-0.2, 0) is 4.74 Å². The molecule has 1 atom stereocenters. The minimum absolute atomic E-state index is 0.122. The van der Waals surface area contributed by atoms with Crippen molar-refractivity contribution in [3.63, 3.8) is 0 Å². The van der Waals surface area contributed by atoms with E-state index in [1.807, 2.05) is 37.3 Å². The highest BCUT2D eigenvalue weighted by molar-refractivity contribution is 6.01. The Bertz CT molecular complexity index is 705. The van der Waals surface area contributed by atoms with E-state index >= 15 is 0 Å². The Balaban J connectivity index is 2.21. The molecule has 0 aliphatic carbocycles. The molecule has 2 rings (SSSR count). The fraction of sp³-hybridized carbons (Fsp3) is 0.333. The normalized spacial score (nSPS) is 11.8. The molecule has 1 aromatic heterocycles. The van der Waals surface area contributed by atoms with Crippen molar-refractivity contribution in [2.45, 2.75) is 33.7 Å². The number of ether oxygens (including phenoxy) is 1. The maximum absolute atomic E-state index is 12.6. The molecule has 0 aliphatic rings. The number of H-pyrrole nitrogens is 1. The summed E-state index contributed by atoms with van der Waals surface area (Å²) in [6.45, 7) is 7.49. The zero-order chi connectivity index (χ0) is 17.0. The Morgan fingerprint density at radius 3 is 2.48 bits per heavy atom. The van der Waals surface area contributed by atoms with Gasteiger partial charge in [0.05, 0.1) is 18.2 Å². The summed E-state index contributed by atoms with van der Waals surface area (Å²) in [5, 5.41) is 2.97. The highest BCUT2D eigenvalue weighted by Crippen LogP contribution is 2.20. The van der Waals surface area contributed by atoms with Crippen LogP contribution in [0.1, 0.15) is 57.6 Å². The molecule has 1 unspecified atom stereocenters. The number of rotatable bonds is 5. The van der Waals surface area contributed by atoms with E-state index < -0.39 is 5.97 Å². The standard InChI is InChI=1S/C18H22N2O3/c1-5-23-18(22)16-11(2)15(13(4)19-16)17(21)20-12(3)14-9-7-6-8-10-14/h6-10,12,19H,5H2,1-4H3,(H,20,21). The third-order valence-electron chi connectivity index (χ3n) is 3.79. The van der Waals surface area contributed by atoms with Gasteiger partial charge >= 0.3 is 5.97 Å². The van der Waals surface area contributed by atoms with Gasteiger partial charge in [-0.3, -0.25) is 4.79 Å². The Morgan fingerprint density at radius 1 is 1.22 bits per heavy atom. The summed E-state index contributed by atoms with van der Waals surface area (Å²) in [6.07, 6.45) is 0. The van der Waals surface area contributed by atoms with Crippen LogP contribution < -0.4 is 5.32 Å². The molecule has 1 amide bonds. The number of aromatic amines is 1. The van der Waals surface area contributed by atoms with Crippen molar-refractivity contribution in [1.29, 1.82) is 0 Å². The summed E-state index contributed by atoms with van der Waals surface area (Å²) in [5.74, 6) is -0.647. The van der Waals surface area contributed by atoms with Gasteiger partial charge in [-0.05, 0) is 38.8 Å². The first-order chi connectivity index (χ1) is 11.0. The first-order valence-corrected chi connectivity index (χ1v) is 7.67. The van der Waals surface area contributed by atoms with Crippen LogP contribution in [0.2, 0.25) is 0 Å². The van der Waals surface area contributed by atoms with Crippen molar-refractivity contribution in [2.75, 3.05) is 6.61 Å². The average Bonchev–Trinajstić information content (AvgIpc) is 2.83. The third kappa shape index (κ3) is 3.62. The molecule has 1 heterocycles. The molecular formula is C18H22N2O3. The predicted molar refractivity (Wildman–Crippen MR) is 88.5 cm³/mol. The Morgan fingerprint density at radius 2 is 1.87 bits per heavy atom. The van der Waals surface area contributed by atoms with Gasteiger partial charge in [0.1, 0.15) is 5.69 Å². The van der Waals surface area contributed by atoms with Gasteiger partial charge in [0.15, 0.2) is 0 Å². The highest BCUT2D eigenvalue weighted by atomic mass is 16.5. The maximum atomic E-state index is 12.6. The quantitative estimate of drug-likeness (QED) is 0.832. The SMILES string of the molecule is CCOC(=O)c1[nH]c(C)c(C(=O)NC(C)c2ccccc2)c1C. The molecular weight excluding hydrogens is 292 g/mol. The summed E-state index contributed by atoms with van der Waals surface area (Å²) >= 11 is 0. The molecule has 0 spiro atoms. The van der Waals surface area contributed by atoms with Gasteiger partial charge in [0.2, 0.25) is 0 Å². The second-order valence-corrected chi connectivity index (χ2v) is 5.45. The number of nitrogens with one attached hydrogen (secondary N) is 2. The van der Waals surface area contributed by atoms with Crippen molar-refractivity contribution >= 4 is 11.9 Å². The van der Waals surface area contributed by atoms with Crippen LogP contribution in [0.25, 0.3) is 0 Å². The largest absolute Gasteiger partial charge is 0.461 e. The van der Waals surface area contributed by atoms with E-state index in [0.29, 0.717) is 29.1 Å². The van der Waals surface area contributed by atoms with Crippen LogP contribution in [0, 0.1) is 13.8 Å². The summed E-state index contributed by atoms with van der Waals surface area (Å²) in [7, 11) is 0. The fourth-order valence-corrected chi connectivity index (χ4v) is 2.59. The molecule has 5 nitrogen and oxygen atoms in total. The van der Waals surface area contributed by atoms with Gasteiger partial charge < -0.3 is 15.0 Å². The van der Waals surface area contributed by atoms with Crippen molar-refractivity contribution in [2.24, 2.45) is 0 Å². The molecule has 122 valence electrons. The van der Waals surface area contributed by atoms with Crippen molar-refractivity contribution in [3.05, 3.63) is 58.4 Å². The van der Waals surface area contributed by atoms with Crippen LogP contribution in [0.5, 0.6) is 0 Å². The molecule has 1 aromatic carbocycles. The number of aromatic nitrogens is 1. The topological polar surface area (TPSA) is 71.2 Å². The Labute approximate surface area is 136 Å². The number of carbonyl (C=O) groups excluding carboxylic acids is 2. The minimum Gasteiger partial charge on any atom is -0.461 e. The van der Waals surface area contributed by atoms with Gasteiger partial charge in [-0.2, -0.15) is 0 Å². The van der Waals surface area contributed by atoms with Crippen molar-refractivity contribution < 1.29 is 14.3 Å². The van der Waals surface area contributed by atoms with Crippen LogP contribution in [0.4, 0.5) is 0 Å². The van der Waals surface area contributed by atoms with E-state index in [1.165, 1.54) is 0 Å². The average molecular weight is 314 g/mol.